The largest absolute Gasteiger partial charge is 0.393 e. The number of benzene rings is 1. The normalized spacial score (nSPS) is 24.4. The van der Waals surface area contributed by atoms with Crippen molar-refractivity contribution in [2.24, 2.45) is 0 Å². The van der Waals surface area contributed by atoms with E-state index in [1.165, 1.54) is 0 Å². The molecule has 2 aromatic rings. The molecule has 0 aliphatic carbocycles. The summed E-state index contributed by atoms with van der Waals surface area (Å²) in [6.07, 6.45) is 1.25. The van der Waals surface area contributed by atoms with Gasteiger partial charge in [0.1, 0.15) is 0 Å². The highest BCUT2D eigenvalue weighted by atomic mass is 32.1. The van der Waals surface area contributed by atoms with Gasteiger partial charge in [0.25, 0.3) is 5.91 Å². The Bertz CT molecular complexity index is 792. The molecule has 28 heavy (non-hydrogen) atoms. The summed E-state index contributed by atoms with van der Waals surface area (Å²) in [5, 5.41) is 9.79. The molecule has 1 amide bonds. The summed E-state index contributed by atoms with van der Waals surface area (Å²) in [7, 11) is 0. The van der Waals surface area contributed by atoms with Crippen molar-refractivity contribution in [3.8, 4) is 0 Å². The average molecular weight is 403 g/mol. The summed E-state index contributed by atoms with van der Waals surface area (Å²) in [5.41, 5.74) is 2.18. The number of aliphatic hydroxyl groups is 1. The lowest BCUT2D eigenvalue weighted by Crippen LogP contribution is -2.53. The van der Waals surface area contributed by atoms with E-state index in [0.29, 0.717) is 24.5 Å². The second-order valence-electron chi connectivity index (χ2n) is 7.49. The van der Waals surface area contributed by atoms with Crippen molar-refractivity contribution in [3.63, 3.8) is 0 Å². The van der Waals surface area contributed by atoms with Gasteiger partial charge in [-0.05, 0) is 25.3 Å². The monoisotopic (exact) mass is 402 g/mol. The number of amides is 1. The van der Waals surface area contributed by atoms with Crippen LogP contribution in [0.3, 0.4) is 0 Å². The maximum atomic E-state index is 13.3. The first-order chi connectivity index (χ1) is 13.6. The second-order valence-corrected chi connectivity index (χ2v) is 8.02. The first kappa shape index (κ1) is 19.4. The number of carbonyl (C=O) groups excluding carboxylic acids is 1. The summed E-state index contributed by atoms with van der Waals surface area (Å²) in [5.74, 6) is -0.0810. The minimum atomic E-state index is -0.202. The van der Waals surface area contributed by atoms with Gasteiger partial charge in [0.2, 0.25) is 0 Å². The lowest BCUT2D eigenvalue weighted by atomic mass is 9.96. The molecule has 4 rings (SSSR count). The van der Waals surface area contributed by atoms with E-state index in [9.17, 15) is 9.90 Å². The average Bonchev–Trinajstić information content (AvgIpc) is 3.15. The Kier molecular flexibility index (Phi) is 6.01. The number of hydrogen-bond acceptors (Lipinski definition) is 7. The van der Waals surface area contributed by atoms with Gasteiger partial charge in [0, 0.05) is 26.2 Å². The summed E-state index contributed by atoms with van der Waals surface area (Å²) in [4.78, 5) is 17.5. The molecule has 0 spiro atoms. The Labute approximate surface area is 169 Å². The van der Waals surface area contributed by atoms with Gasteiger partial charge in [0.15, 0.2) is 5.69 Å². The highest BCUT2D eigenvalue weighted by molar-refractivity contribution is 6.99. The molecule has 3 heterocycles. The predicted octanol–water partition coefficient (Wildman–Crippen LogP) is 1.89. The SMILES string of the molecule is Cc1nsnc1C(=O)N1CCO[C@@H](CN2CCC(O)CC2)[C@@H]1c1ccccc1. The molecular formula is C20H26N4O3S. The molecule has 8 heteroatoms. The van der Waals surface area contributed by atoms with E-state index in [0.717, 1.165) is 49.8 Å². The van der Waals surface area contributed by atoms with E-state index in [1.54, 1.807) is 0 Å². The summed E-state index contributed by atoms with van der Waals surface area (Å²) in [6.45, 7) is 5.31. The van der Waals surface area contributed by atoms with E-state index in [2.05, 4.69) is 25.8 Å². The van der Waals surface area contributed by atoms with E-state index >= 15 is 0 Å². The fraction of sp³-hybridized carbons (Fsp3) is 0.550. The summed E-state index contributed by atoms with van der Waals surface area (Å²) in [6, 6.07) is 9.91. The molecule has 2 aliphatic rings. The summed E-state index contributed by atoms with van der Waals surface area (Å²) < 4.78 is 14.6. The number of ether oxygens (including phenoxy) is 1. The minimum absolute atomic E-state index is 0.0810. The zero-order valence-electron chi connectivity index (χ0n) is 16.0. The third-order valence-electron chi connectivity index (χ3n) is 5.60. The van der Waals surface area contributed by atoms with Gasteiger partial charge >= 0.3 is 0 Å². The second kappa shape index (κ2) is 8.65. The van der Waals surface area contributed by atoms with Gasteiger partial charge < -0.3 is 19.6 Å². The van der Waals surface area contributed by atoms with Gasteiger partial charge in [-0.15, -0.1) is 0 Å². The molecule has 0 unspecified atom stereocenters. The molecule has 1 aromatic heterocycles. The van der Waals surface area contributed by atoms with E-state index < -0.39 is 0 Å². The number of likely N-dealkylation sites (tertiary alicyclic amines) is 1. The Hall–Kier alpha value is -1.87. The number of piperidine rings is 1. The standard InChI is InChI=1S/C20H26N4O3S/c1-14-18(22-28-21-14)20(26)24-11-12-27-17(13-23-9-7-16(25)8-10-23)19(24)15-5-3-2-4-6-15/h2-6,16-17,19,25H,7-13H2,1H3/t17-,19-/m0/s1. The van der Waals surface area contributed by atoms with Gasteiger partial charge in [-0.25, -0.2) is 0 Å². The first-order valence-corrected chi connectivity index (χ1v) is 10.5. The van der Waals surface area contributed by atoms with Crippen LogP contribution in [0.4, 0.5) is 0 Å². The number of nitrogens with zero attached hydrogens (tertiary/aromatic N) is 4. The molecule has 1 N–H and O–H groups in total. The Morgan fingerprint density at radius 3 is 2.64 bits per heavy atom. The third-order valence-corrected chi connectivity index (χ3v) is 6.22. The molecule has 150 valence electrons. The smallest absolute Gasteiger partial charge is 0.276 e. The minimum Gasteiger partial charge on any atom is -0.393 e. The molecule has 2 saturated heterocycles. The molecule has 2 aliphatic heterocycles. The maximum absolute atomic E-state index is 13.3. The Morgan fingerprint density at radius 1 is 1.21 bits per heavy atom. The number of carbonyl (C=O) groups is 1. The van der Waals surface area contributed by atoms with Crippen LogP contribution in [0, 0.1) is 6.92 Å². The van der Waals surface area contributed by atoms with Crippen LogP contribution < -0.4 is 0 Å². The van der Waals surface area contributed by atoms with Crippen molar-refractivity contribution in [2.75, 3.05) is 32.8 Å². The number of aliphatic hydroxyl groups excluding tert-OH is 1. The summed E-state index contributed by atoms with van der Waals surface area (Å²) >= 11 is 1.07. The van der Waals surface area contributed by atoms with Crippen molar-refractivity contribution >= 4 is 17.6 Å². The van der Waals surface area contributed by atoms with Gasteiger partial charge in [0.05, 0.1) is 42.3 Å². The topological polar surface area (TPSA) is 78.8 Å². The van der Waals surface area contributed by atoms with Gasteiger partial charge in [-0.2, -0.15) is 8.75 Å². The van der Waals surface area contributed by atoms with Crippen LogP contribution in [0.2, 0.25) is 0 Å². The fourth-order valence-corrected chi connectivity index (χ4v) is 4.62. The molecule has 0 saturated carbocycles. The number of aromatic nitrogens is 2. The molecular weight excluding hydrogens is 376 g/mol. The van der Waals surface area contributed by atoms with Crippen molar-refractivity contribution in [3.05, 3.63) is 47.3 Å². The van der Waals surface area contributed by atoms with Gasteiger partial charge in [-0.3, -0.25) is 4.79 Å². The zero-order chi connectivity index (χ0) is 19.5. The molecule has 2 fully saturated rings. The van der Waals surface area contributed by atoms with E-state index in [4.69, 9.17) is 4.74 Å². The predicted molar refractivity (Wildman–Crippen MR) is 106 cm³/mol. The van der Waals surface area contributed by atoms with Crippen molar-refractivity contribution in [1.29, 1.82) is 0 Å². The van der Waals surface area contributed by atoms with Crippen LogP contribution in [-0.2, 0) is 4.74 Å². The van der Waals surface area contributed by atoms with Crippen LogP contribution in [0.15, 0.2) is 30.3 Å². The van der Waals surface area contributed by atoms with Crippen molar-refractivity contribution in [2.45, 2.75) is 38.0 Å². The molecule has 2 atom stereocenters. The van der Waals surface area contributed by atoms with Crippen LogP contribution in [0.1, 0.15) is 40.6 Å². The highest BCUT2D eigenvalue weighted by Gasteiger charge is 2.39. The molecule has 0 bridgehead atoms. The van der Waals surface area contributed by atoms with Crippen molar-refractivity contribution < 1.29 is 14.6 Å². The quantitative estimate of drug-likeness (QED) is 0.841. The fourth-order valence-electron chi connectivity index (χ4n) is 4.08. The molecule has 1 aromatic carbocycles. The maximum Gasteiger partial charge on any atom is 0.276 e. The highest BCUT2D eigenvalue weighted by Crippen LogP contribution is 2.32. The lowest BCUT2D eigenvalue weighted by Gasteiger charge is -2.43. The number of aryl methyl sites for hydroxylation is 1. The van der Waals surface area contributed by atoms with E-state index in [1.807, 2.05) is 30.0 Å². The Morgan fingerprint density at radius 2 is 1.96 bits per heavy atom. The van der Waals surface area contributed by atoms with Crippen LogP contribution in [0.25, 0.3) is 0 Å². The molecule has 7 nitrogen and oxygen atoms in total. The number of hydrogen-bond donors (Lipinski definition) is 1. The number of rotatable bonds is 4. The van der Waals surface area contributed by atoms with E-state index in [-0.39, 0.29) is 24.2 Å². The first-order valence-electron chi connectivity index (χ1n) is 9.80. The van der Waals surface area contributed by atoms with Gasteiger partial charge in [-0.1, -0.05) is 30.3 Å². The zero-order valence-corrected chi connectivity index (χ0v) is 16.8. The van der Waals surface area contributed by atoms with Crippen LogP contribution in [-0.4, -0.2) is 74.6 Å². The molecule has 0 radical (unpaired) electrons. The third kappa shape index (κ3) is 4.10. The van der Waals surface area contributed by atoms with Crippen LogP contribution >= 0.6 is 11.7 Å². The van der Waals surface area contributed by atoms with Crippen LogP contribution in [0.5, 0.6) is 0 Å². The van der Waals surface area contributed by atoms with Crippen molar-refractivity contribution in [1.82, 2.24) is 18.5 Å². The lowest BCUT2D eigenvalue weighted by molar-refractivity contribution is -0.0771. The Balaban J connectivity index is 1.60. The number of morpholine rings is 1.